The number of hydrogen-bond acceptors (Lipinski definition) is 5. The Bertz CT molecular complexity index is 639. The SMILES string of the molecule is COc1ccccc1CNc1ccnc(NC2CCCCCC2)n1. The van der Waals surface area contributed by atoms with Crippen LogP contribution in [0.4, 0.5) is 11.8 Å². The van der Waals surface area contributed by atoms with Crippen LogP contribution in [0, 0.1) is 0 Å². The van der Waals surface area contributed by atoms with Crippen molar-refractivity contribution >= 4 is 11.8 Å². The van der Waals surface area contributed by atoms with Crippen molar-refractivity contribution < 1.29 is 4.74 Å². The summed E-state index contributed by atoms with van der Waals surface area (Å²) in [5.41, 5.74) is 1.11. The van der Waals surface area contributed by atoms with Gasteiger partial charge in [-0.05, 0) is 25.0 Å². The zero-order valence-corrected chi connectivity index (χ0v) is 14.3. The molecule has 1 heterocycles. The summed E-state index contributed by atoms with van der Waals surface area (Å²) in [6.07, 6.45) is 9.51. The molecule has 5 nitrogen and oxygen atoms in total. The van der Waals surface area contributed by atoms with E-state index in [9.17, 15) is 0 Å². The van der Waals surface area contributed by atoms with Gasteiger partial charge in [0.05, 0.1) is 7.11 Å². The number of para-hydroxylation sites is 1. The summed E-state index contributed by atoms with van der Waals surface area (Å²) in [6, 6.07) is 10.4. The molecule has 1 saturated carbocycles. The van der Waals surface area contributed by atoms with Crippen LogP contribution >= 0.6 is 0 Å². The van der Waals surface area contributed by atoms with Crippen LogP contribution in [0.25, 0.3) is 0 Å². The van der Waals surface area contributed by atoms with Crippen LogP contribution in [0.2, 0.25) is 0 Å². The smallest absolute Gasteiger partial charge is 0.224 e. The summed E-state index contributed by atoms with van der Waals surface area (Å²) in [7, 11) is 1.69. The Morgan fingerprint density at radius 1 is 1.08 bits per heavy atom. The van der Waals surface area contributed by atoms with E-state index in [1.165, 1.54) is 38.5 Å². The number of anilines is 2. The molecule has 0 bridgehead atoms. The molecule has 0 amide bonds. The Balaban J connectivity index is 1.60. The third kappa shape index (κ3) is 4.60. The van der Waals surface area contributed by atoms with Crippen molar-refractivity contribution in [1.29, 1.82) is 0 Å². The van der Waals surface area contributed by atoms with Gasteiger partial charge >= 0.3 is 0 Å². The minimum absolute atomic E-state index is 0.497. The monoisotopic (exact) mass is 326 g/mol. The van der Waals surface area contributed by atoms with Gasteiger partial charge in [-0.2, -0.15) is 4.98 Å². The Kier molecular flexibility index (Phi) is 5.88. The van der Waals surface area contributed by atoms with Gasteiger partial charge in [0.1, 0.15) is 11.6 Å². The van der Waals surface area contributed by atoms with E-state index in [0.717, 1.165) is 17.1 Å². The molecule has 1 fully saturated rings. The molecule has 0 atom stereocenters. The van der Waals surface area contributed by atoms with Crippen LogP contribution in [0.3, 0.4) is 0 Å². The highest BCUT2D eigenvalue weighted by molar-refractivity contribution is 5.42. The fourth-order valence-electron chi connectivity index (χ4n) is 3.17. The van der Waals surface area contributed by atoms with Gasteiger partial charge in [0.25, 0.3) is 0 Å². The lowest BCUT2D eigenvalue weighted by atomic mass is 10.1. The highest BCUT2D eigenvalue weighted by Crippen LogP contribution is 2.21. The lowest BCUT2D eigenvalue weighted by Gasteiger charge is -2.16. The van der Waals surface area contributed by atoms with Gasteiger partial charge in [0, 0.05) is 24.3 Å². The molecular weight excluding hydrogens is 300 g/mol. The predicted octanol–water partition coefficient (Wildman–Crippen LogP) is 4.23. The number of methoxy groups -OCH3 is 1. The van der Waals surface area contributed by atoms with Gasteiger partial charge in [-0.25, -0.2) is 4.98 Å². The lowest BCUT2D eigenvalue weighted by Crippen LogP contribution is -2.20. The second-order valence-corrected chi connectivity index (χ2v) is 6.26. The van der Waals surface area contributed by atoms with Crippen molar-refractivity contribution in [1.82, 2.24) is 9.97 Å². The van der Waals surface area contributed by atoms with Crippen LogP contribution in [-0.4, -0.2) is 23.1 Å². The molecule has 1 aliphatic carbocycles. The molecule has 2 N–H and O–H groups in total. The van der Waals surface area contributed by atoms with Crippen LogP contribution in [0.15, 0.2) is 36.5 Å². The molecule has 5 heteroatoms. The highest BCUT2D eigenvalue weighted by Gasteiger charge is 2.13. The van der Waals surface area contributed by atoms with Crippen molar-refractivity contribution in [3.8, 4) is 5.75 Å². The number of nitrogens with zero attached hydrogens (tertiary/aromatic N) is 2. The minimum Gasteiger partial charge on any atom is -0.496 e. The number of benzene rings is 1. The zero-order chi connectivity index (χ0) is 16.6. The normalized spacial score (nSPS) is 15.5. The Labute approximate surface area is 143 Å². The van der Waals surface area contributed by atoms with Gasteiger partial charge in [-0.15, -0.1) is 0 Å². The minimum atomic E-state index is 0.497. The number of hydrogen-bond donors (Lipinski definition) is 2. The Hall–Kier alpha value is -2.30. The first-order valence-electron chi connectivity index (χ1n) is 8.80. The van der Waals surface area contributed by atoms with Gasteiger partial charge in [0.15, 0.2) is 0 Å². The first-order chi connectivity index (χ1) is 11.8. The molecule has 0 spiro atoms. The average Bonchev–Trinajstić information content (AvgIpc) is 2.89. The average molecular weight is 326 g/mol. The molecule has 0 radical (unpaired) electrons. The number of ether oxygens (including phenoxy) is 1. The topological polar surface area (TPSA) is 59.1 Å². The van der Waals surface area contributed by atoms with Gasteiger partial charge < -0.3 is 15.4 Å². The third-order valence-corrected chi connectivity index (χ3v) is 4.50. The van der Waals surface area contributed by atoms with Crippen LogP contribution < -0.4 is 15.4 Å². The molecule has 24 heavy (non-hydrogen) atoms. The van der Waals surface area contributed by atoms with E-state index in [4.69, 9.17) is 4.74 Å². The first kappa shape index (κ1) is 16.6. The summed E-state index contributed by atoms with van der Waals surface area (Å²) >= 11 is 0. The second kappa shape index (κ2) is 8.52. The fourth-order valence-corrected chi connectivity index (χ4v) is 3.17. The lowest BCUT2D eigenvalue weighted by molar-refractivity contribution is 0.410. The molecule has 0 aliphatic heterocycles. The van der Waals surface area contributed by atoms with E-state index in [1.54, 1.807) is 13.3 Å². The van der Waals surface area contributed by atoms with E-state index in [2.05, 4.69) is 26.7 Å². The van der Waals surface area contributed by atoms with Crippen molar-refractivity contribution in [2.24, 2.45) is 0 Å². The van der Waals surface area contributed by atoms with Gasteiger partial charge in [0.2, 0.25) is 5.95 Å². The van der Waals surface area contributed by atoms with Crippen LogP contribution in [0.5, 0.6) is 5.75 Å². The van der Waals surface area contributed by atoms with Crippen LogP contribution in [-0.2, 0) is 6.54 Å². The maximum atomic E-state index is 5.38. The molecule has 1 aromatic carbocycles. The first-order valence-corrected chi connectivity index (χ1v) is 8.80. The van der Waals surface area contributed by atoms with Crippen molar-refractivity contribution in [2.45, 2.75) is 51.1 Å². The molecule has 0 saturated heterocycles. The summed E-state index contributed by atoms with van der Waals surface area (Å²) in [5, 5.41) is 6.85. The zero-order valence-electron chi connectivity index (χ0n) is 14.3. The largest absolute Gasteiger partial charge is 0.496 e. The number of aromatic nitrogens is 2. The number of nitrogens with one attached hydrogen (secondary N) is 2. The fraction of sp³-hybridized carbons (Fsp3) is 0.474. The summed E-state index contributed by atoms with van der Waals surface area (Å²) in [6.45, 7) is 0.671. The molecule has 2 aromatic rings. The highest BCUT2D eigenvalue weighted by atomic mass is 16.5. The maximum absolute atomic E-state index is 5.38. The van der Waals surface area contributed by atoms with Gasteiger partial charge in [-0.1, -0.05) is 43.9 Å². The third-order valence-electron chi connectivity index (χ3n) is 4.50. The number of rotatable bonds is 6. The van der Waals surface area contributed by atoms with Gasteiger partial charge in [-0.3, -0.25) is 0 Å². The van der Waals surface area contributed by atoms with E-state index in [1.807, 2.05) is 24.3 Å². The molecule has 3 rings (SSSR count). The van der Waals surface area contributed by atoms with E-state index in [-0.39, 0.29) is 0 Å². The summed E-state index contributed by atoms with van der Waals surface area (Å²) < 4.78 is 5.38. The van der Waals surface area contributed by atoms with Crippen molar-refractivity contribution in [2.75, 3.05) is 17.7 Å². The Morgan fingerprint density at radius 2 is 1.88 bits per heavy atom. The van der Waals surface area contributed by atoms with E-state index >= 15 is 0 Å². The maximum Gasteiger partial charge on any atom is 0.224 e. The van der Waals surface area contributed by atoms with Crippen molar-refractivity contribution in [3.63, 3.8) is 0 Å². The molecule has 128 valence electrons. The molecular formula is C19H26N4O. The molecule has 0 unspecified atom stereocenters. The summed E-state index contributed by atoms with van der Waals surface area (Å²) in [5.74, 6) is 2.43. The van der Waals surface area contributed by atoms with E-state index in [0.29, 0.717) is 18.5 Å². The van der Waals surface area contributed by atoms with E-state index < -0.39 is 0 Å². The summed E-state index contributed by atoms with van der Waals surface area (Å²) in [4.78, 5) is 8.96. The molecule has 1 aliphatic rings. The van der Waals surface area contributed by atoms with Crippen LogP contribution in [0.1, 0.15) is 44.1 Å². The predicted molar refractivity (Wildman–Crippen MR) is 97.5 cm³/mol. The second-order valence-electron chi connectivity index (χ2n) is 6.26. The Morgan fingerprint density at radius 3 is 2.67 bits per heavy atom. The standard InChI is InChI=1S/C19H26N4O/c1-24-17-11-7-6-8-15(17)14-21-18-12-13-20-19(23-18)22-16-9-4-2-3-5-10-16/h6-8,11-13,16H,2-5,9-10,14H2,1H3,(H2,20,21,22,23). The van der Waals surface area contributed by atoms with Crippen molar-refractivity contribution in [3.05, 3.63) is 42.1 Å². The quantitative estimate of drug-likeness (QED) is 0.778. The molecule has 1 aromatic heterocycles.